The van der Waals surface area contributed by atoms with Gasteiger partial charge >= 0.3 is 5.97 Å². The summed E-state index contributed by atoms with van der Waals surface area (Å²) in [5.41, 5.74) is 0. The number of rotatable bonds is 14. The van der Waals surface area contributed by atoms with E-state index in [2.05, 4.69) is 17.9 Å². The number of nitrogens with one attached hydrogen (secondary N) is 1. The zero-order valence-electron chi connectivity index (χ0n) is 24.5. The molecule has 16 atom stereocenters. The second-order valence-corrected chi connectivity index (χ2v) is 11.5. The SMILES string of the molecule is CC(=O)NC1C(O)CC(OC2C(O)C(CO)OC(OC3C(CO)OC(OCCS)C(O)C3O)C2O)(C(=O)O)OC1C(O)C(O)CO. The van der Waals surface area contributed by atoms with Crippen LogP contribution in [0.15, 0.2) is 0 Å². The lowest BCUT2D eigenvalue weighted by atomic mass is 9.88. The maximum atomic E-state index is 12.6. The standard InChI is InChI=1S/C25H43NO19S/c1-8(30)26-13-9(31)4-25(24(38)39,44-20(13)14(33)10(32)5-27)45-21-15(34)11(6-28)41-23(18(21)37)43-19-12(7-29)42-22(40-2-3-46)17(36)16(19)35/h9-23,27-29,31-37,46H,2-7H2,1H3,(H,26,30)(H,38,39). The molecule has 1 amide bonds. The van der Waals surface area contributed by atoms with Gasteiger partial charge < -0.3 is 89.9 Å². The van der Waals surface area contributed by atoms with Gasteiger partial charge in [-0.1, -0.05) is 0 Å². The van der Waals surface area contributed by atoms with Crippen molar-refractivity contribution in [3.05, 3.63) is 0 Å². The van der Waals surface area contributed by atoms with Crippen molar-refractivity contribution in [3.8, 4) is 0 Å². The molecule has 0 aliphatic carbocycles. The molecule has 12 N–H and O–H groups in total. The van der Waals surface area contributed by atoms with Crippen LogP contribution in [0.3, 0.4) is 0 Å². The van der Waals surface area contributed by atoms with E-state index in [1.807, 2.05) is 0 Å². The monoisotopic (exact) mass is 693 g/mol. The second-order valence-electron chi connectivity index (χ2n) is 11.1. The zero-order chi connectivity index (χ0) is 34.5. The van der Waals surface area contributed by atoms with E-state index >= 15 is 0 Å². The summed E-state index contributed by atoms with van der Waals surface area (Å²) in [6.45, 7) is -1.74. The fraction of sp³-hybridized carbons (Fsp3) is 0.920. The normalized spacial score (nSPS) is 43.1. The number of carbonyl (C=O) groups is 2. The van der Waals surface area contributed by atoms with Crippen LogP contribution in [0.1, 0.15) is 13.3 Å². The number of hydrogen-bond acceptors (Lipinski definition) is 19. The van der Waals surface area contributed by atoms with Gasteiger partial charge in [0.25, 0.3) is 5.79 Å². The number of ether oxygens (including phenoxy) is 6. The Labute approximate surface area is 267 Å². The molecule has 0 aromatic rings. The van der Waals surface area contributed by atoms with Gasteiger partial charge in [-0.25, -0.2) is 4.79 Å². The molecule has 0 bridgehead atoms. The van der Waals surface area contributed by atoms with E-state index in [9.17, 15) is 65.8 Å². The molecule has 16 unspecified atom stereocenters. The summed E-state index contributed by atoms with van der Waals surface area (Å²) in [5, 5.41) is 116. The molecule has 21 heteroatoms. The van der Waals surface area contributed by atoms with E-state index in [1.54, 1.807) is 0 Å². The topological polar surface area (TPSA) is 324 Å². The van der Waals surface area contributed by atoms with Crippen LogP contribution >= 0.6 is 12.6 Å². The Morgan fingerprint density at radius 2 is 1.57 bits per heavy atom. The minimum atomic E-state index is -3.02. The van der Waals surface area contributed by atoms with Gasteiger partial charge in [-0.05, 0) is 0 Å². The predicted molar refractivity (Wildman–Crippen MR) is 148 cm³/mol. The molecule has 3 fully saturated rings. The molecule has 3 rings (SSSR count). The third-order valence-corrected chi connectivity index (χ3v) is 8.00. The Hall–Kier alpha value is -1.35. The van der Waals surface area contributed by atoms with Crippen molar-refractivity contribution in [2.45, 2.75) is 111 Å². The van der Waals surface area contributed by atoms with Crippen LogP contribution in [-0.2, 0) is 38.0 Å². The maximum Gasteiger partial charge on any atom is 0.364 e. The highest BCUT2D eigenvalue weighted by Gasteiger charge is 2.60. The maximum absolute atomic E-state index is 12.6. The molecule has 0 aromatic carbocycles. The first-order valence-corrected chi connectivity index (χ1v) is 14.9. The molecule has 3 aliphatic rings. The lowest BCUT2D eigenvalue weighted by Crippen LogP contribution is -2.70. The minimum absolute atomic E-state index is 0.00523. The van der Waals surface area contributed by atoms with E-state index in [-0.39, 0.29) is 12.4 Å². The van der Waals surface area contributed by atoms with Gasteiger partial charge in [-0.2, -0.15) is 12.6 Å². The number of carboxylic acids is 1. The third-order valence-electron chi connectivity index (χ3n) is 7.82. The fourth-order valence-corrected chi connectivity index (χ4v) is 5.56. The number of aliphatic carboxylic acids is 1. The molecule has 0 saturated carbocycles. The Morgan fingerprint density at radius 3 is 2.11 bits per heavy atom. The van der Waals surface area contributed by atoms with Crippen LogP contribution in [0.4, 0.5) is 0 Å². The van der Waals surface area contributed by atoms with Gasteiger partial charge in [-0.15, -0.1) is 0 Å². The molecule has 46 heavy (non-hydrogen) atoms. The van der Waals surface area contributed by atoms with Crippen molar-refractivity contribution in [1.29, 1.82) is 0 Å². The molecule has 0 radical (unpaired) electrons. The molecular weight excluding hydrogens is 650 g/mol. The molecule has 0 aromatic heterocycles. The van der Waals surface area contributed by atoms with Crippen LogP contribution in [0.2, 0.25) is 0 Å². The Balaban J connectivity index is 1.92. The number of carbonyl (C=O) groups excluding carboxylic acids is 1. The largest absolute Gasteiger partial charge is 0.477 e. The highest BCUT2D eigenvalue weighted by molar-refractivity contribution is 7.80. The van der Waals surface area contributed by atoms with Crippen LogP contribution < -0.4 is 5.32 Å². The van der Waals surface area contributed by atoms with E-state index < -0.39 is 136 Å². The van der Waals surface area contributed by atoms with Crippen molar-refractivity contribution in [2.75, 3.05) is 32.2 Å². The number of hydrogen-bond donors (Lipinski definition) is 13. The highest BCUT2D eigenvalue weighted by Crippen LogP contribution is 2.38. The lowest BCUT2D eigenvalue weighted by molar-refractivity contribution is -0.386. The van der Waals surface area contributed by atoms with Gasteiger partial charge in [0.2, 0.25) is 5.91 Å². The number of amides is 1. The van der Waals surface area contributed by atoms with Gasteiger partial charge in [0.05, 0.1) is 38.6 Å². The van der Waals surface area contributed by atoms with Crippen molar-refractivity contribution < 1.29 is 94.2 Å². The molecular formula is C25H43NO19S. The molecule has 3 saturated heterocycles. The van der Waals surface area contributed by atoms with Crippen molar-refractivity contribution >= 4 is 24.5 Å². The van der Waals surface area contributed by atoms with E-state index in [0.717, 1.165) is 6.92 Å². The summed E-state index contributed by atoms with van der Waals surface area (Å²) in [4.78, 5) is 24.4. The fourth-order valence-electron chi connectivity index (χ4n) is 5.46. The second kappa shape index (κ2) is 16.8. The number of thiol groups is 1. The van der Waals surface area contributed by atoms with Crippen LogP contribution in [-0.4, -0.2) is 198 Å². The average Bonchev–Trinajstić information content (AvgIpc) is 3.02. The predicted octanol–water partition coefficient (Wildman–Crippen LogP) is -7.27. The van der Waals surface area contributed by atoms with E-state index in [1.165, 1.54) is 0 Å². The number of aliphatic hydroxyl groups is 10. The van der Waals surface area contributed by atoms with Gasteiger partial charge in [0.15, 0.2) is 12.6 Å². The first-order valence-electron chi connectivity index (χ1n) is 14.3. The van der Waals surface area contributed by atoms with Crippen molar-refractivity contribution in [1.82, 2.24) is 5.32 Å². The van der Waals surface area contributed by atoms with Crippen LogP contribution in [0, 0.1) is 0 Å². The Kier molecular flexibility index (Phi) is 14.3. The molecule has 3 heterocycles. The third kappa shape index (κ3) is 8.44. The molecule has 3 aliphatic heterocycles. The van der Waals surface area contributed by atoms with Crippen LogP contribution in [0.5, 0.6) is 0 Å². The van der Waals surface area contributed by atoms with Gasteiger partial charge in [0, 0.05) is 19.1 Å². The van der Waals surface area contributed by atoms with E-state index in [0.29, 0.717) is 0 Å². The smallest absolute Gasteiger partial charge is 0.364 e. The Bertz CT molecular complexity index is 997. The summed E-state index contributed by atoms with van der Waals surface area (Å²) >= 11 is 3.98. The lowest BCUT2D eigenvalue weighted by Gasteiger charge is -2.50. The summed E-state index contributed by atoms with van der Waals surface area (Å²) in [7, 11) is 0. The summed E-state index contributed by atoms with van der Waals surface area (Å²) < 4.78 is 32.9. The molecule has 0 spiro atoms. The summed E-state index contributed by atoms with van der Waals surface area (Å²) in [6.07, 6.45) is -26.7. The summed E-state index contributed by atoms with van der Waals surface area (Å²) in [5.74, 6) is -5.49. The zero-order valence-corrected chi connectivity index (χ0v) is 25.4. The summed E-state index contributed by atoms with van der Waals surface area (Å²) in [6, 6.07) is -1.54. The molecule has 268 valence electrons. The first-order chi connectivity index (χ1) is 21.7. The highest BCUT2D eigenvalue weighted by atomic mass is 32.1. The first kappa shape index (κ1) is 39.1. The molecule has 20 nitrogen and oxygen atoms in total. The Morgan fingerprint density at radius 1 is 0.935 bits per heavy atom. The van der Waals surface area contributed by atoms with Gasteiger partial charge in [0.1, 0.15) is 67.1 Å². The van der Waals surface area contributed by atoms with E-state index in [4.69, 9.17) is 28.4 Å². The minimum Gasteiger partial charge on any atom is -0.477 e. The van der Waals surface area contributed by atoms with Crippen molar-refractivity contribution in [3.63, 3.8) is 0 Å². The number of carboxylic acid groups (broad SMARTS) is 1. The van der Waals surface area contributed by atoms with Crippen molar-refractivity contribution in [2.24, 2.45) is 0 Å². The van der Waals surface area contributed by atoms with Gasteiger partial charge in [-0.3, -0.25) is 4.79 Å². The average molecular weight is 694 g/mol. The van der Waals surface area contributed by atoms with Crippen LogP contribution in [0.25, 0.3) is 0 Å². The number of aliphatic hydroxyl groups excluding tert-OH is 10. The quantitative estimate of drug-likeness (QED) is 0.0751.